The van der Waals surface area contributed by atoms with E-state index in [2.05, 4.69) is 10.3 Å². The van der Waals surface area contributed by atoms with Crippen molar-refractivity contribution in [1.82, 2.24) is 14.9 Å². The minimum Gasteiger partial charge on any atom is -0.350 e. The number of halogens is 1. The van der Waals surface area contributed by atoms with Crippen molar-refractivity contribution < 1.29 is 4.79 Å². The molecule has 0 fully saturated rings. The fourth-order valence-corrected chi connectivity index (χ4v) is 1.53. The minimum absolute atomic E-state index is 0.0436. The zero-order chi connectivity index (χ0) is 12.1. The lowest BCUT2D eigenvalue weighted by atomic mass is 10.2. The molecule has 1 aromatic carbocycles. The van der Waals surface area contributed by atoms with Crippen LogP contribution in [-0.2, 0) is 17.9 Å². The number of hydrogen-bond donors (Lipinski definition) is 1. The van der Waals surface area contributed by atoms with Gasteiger partial charge in [-0.2, -0.15) is 0 Å². The van der Waals surface area contributed by atoms with Gasteiger partial charge in [-0.3, -0.25) is 4.79 Å². The Morgan fingerprint density at radius 2 is 2.12 bits per heavy atom. The van der Waals surface area contributed by atoms with Crippen LogP contribution in [0.2, 0.25) is 5.02 Å². The van der Waals surface area contributed by atoms with Crippen LogP contribution in [-0.4, -0.2) is 15.5 Å². The van der Waals surface area contributed by atoms with Gasteiger partial charge in [-0.1, -0.05) is 23.7 Å². The first-order valence-corrected chi connectivity index (χ1v) is 5.59. The van der Waals surface area contributed by atoms with Gasteiger partial charge < -0.3 is 9.88 Å². The Morgan fingerprint density at radius 1 is 1.35 bits per heavy atom. The number of carbonyl (C=O) groups excluding carboxylic acids is 1. The molecule has 0 saturated carbocycles. The van der Waals surface area contributed by atoms with E-state index in [4.69, 9.17) is 11.6 Å². The maximum Gasteiger partial charge on any atom is 0.240 e. The molecule has 0 saturated heterocycles. The number of aromatic nitrogens is 2. The molecule has 0 atom stereocenters. The van der Waals surface area contributed by atoms with Crippen molar-refractivity contribution in [3.8, 4) is 0 Å². The summed E-state index contributed by atoms with van der Waals surface area (Å²) in [6.07, 6.45) is 5.01. The summed E-state index contributed by atoms with van der Waals surface area (Å²) in [7, 11) is 0. The molecule has 2 rings (SSSR count). The van der Waals surface area contributed by atoms with E-state index in [0.29, 0.717) is 11.6 Å². The van der Waals surface area contributed by atoms with Crippen molar-refractivity contribution in [3.05, 3.63) is 53.6 Å². The Labute approximate surface area is 104 Å². The Morgan fingerprint density at radius 3 is 2.76 bits per heavy atom. The highest BCUT2D eigenvalue weighted by molar-refractivity contribution is 6.30. The maximum absolute atomic E-state index is 11.6. The van der Waals surface area contributed by atoms with Gasteiger partial charge in [-0.25, -0.2) is 4.98 Å². The van der Waals surface area contributed by atoms with Crippen molar-refractivity contribution in [1.29, 1.82) is 0 Å². The molecule has 1 aromatic heterocycles. The number of rotatable bonds is 4. The molecular weight excluding hydrogens is 238 g/mol. The topological polar surface area (TPSA) is 46.9 Å². The fraction of sp³-hybridized carbons (Fsp3) is 0.167. The van der Waals surface area contributed by atoms with Gasteiger partial charge >= 0.3 is 0 Å². The molecule has 0 aliphatic heterocycles. The number of benzene rings is 1. The van der Waals surface area contributed by atoms with E-state index >= 15 is 0 Å². The third-order valence-electron chi connectivity index (χ3n) is 2.29. The molecule has 1 N–H and O–H groups in total. The first kappa shape index (κ1) is 11.7. The first-order valence-electron chi connectivity index (χ1n) is 5.21. The van der Waals surface area contributed by atoms with Crippen LogP contribution in [0.3, 0.4) is 0 Å². The normalized spacial score (nSPS) is 10.2. The molecular formula is C12H12ClN3O. The van der Waals surface area contributed by atoms with Crippen molar-refractivity contribution in [2.24, 2.45) is 0 Å². The molecule has 0 bridgehead atoms. The summed E-state index contributed by atoms with van der Waals surface area (Å²) < 4.78 is 1.72. The van der Waals surface area contributed by atoms with Gasteiger partial charge in [0.25, 0.3) is 0 Å². The summed E-state index contributed by atoms with van der Waals surface area (Å²) in [5.41, 5.74) is 1.02. The Hall–Kier alpha value is -1.81. The summed E-state index contributed by atoms with van der Waals surface area (Å²) in [6, 6.07) is 7.39. The third-order valence-corrected chi connectivity index (χ3v) is 2.54. The highest BCUT2D eigenvalue weighted by Crippen LogP contribution is 2.08. The molecule has 5 heteroatoms. The summed E-state index contributed by atoms with van der Waals surface area (Å²) in [5.74, 6) is -0.0436. The number of hydrogen-bond acceptors (Lipinski definition) is 2. The molecule has 0 aliphatic rings. The van der Waals surface area contributed by atoms with Crippen molar-refractivity contribution in [2.45, 2.75) is 13.1 Å². The third kappa shape index (κ3) is 3.60. The van der Waals surface area contributed by atoms with Crippen molar-refractivity contribution >= 4 is 17.5 Å². The lowest BCUT2D eigenvalue weighted by molar-refractivity contribution is -0.121. The SMILES string of the molecule is O=C(Cn1ccnc1)NCc1ccc(Cl)cc1. The molecule has 4 nitrogen and oxygen atoms in total. The summed E-state index contributed by atoms with van der Waals surface area (Å²) in [5, 5.41) is 3.52. The molecule has 17 heavy (non-hydrogen) atoms. The highest BCUT2D eigenvalue weighted by Gasteiger charge is 2.01. The summed E-state index contributed by atoms with van der Waals surface area (Å²) in [4.78, 5) is 15.4. The minimum atomic E-state index is -0.0436. The molecule has 0 radical (unpaired) electrons. The van der Waals surface area contributed by atoms with Gasteiger partial charge in [0.05, 0.1) is 6.33 Å². The average Bonchev–Trinajstić information content (AvgIpc) is 2.81. The lowest BCUT2D eigenvalue weighted by Gasteiger charge is -2.05. The smallest absolute Gasteiger partial charge is 0.240 e. The van der Waals surface area contributed by atoms with Gasteiger partial charge in [0.2, 0.25) is 5.91 Å². The maximum atomic E-state index is 11.6. The van der Waals surface area contributed by atoms with Crippen LogP contribution < -0.4 is 5.32 Å². The molecule has 1 heterocycles. The van der Waals surface area contributed by atoms with E-state index in [1.807, 2.05) is 12.1 Å². The van der Waals surface area contributed by atoms with Crippen molar-refractivity contribution in [3.63, 3.8) is 0 Å². The van der Waals surface area contributed by atoms with E-state index in [9.17, 15) is 4.79 Å². The van der Waals surface area contributed by atoms with E-state index < -0.39 is 0 Å². The number of nitrogens with one attached hydrogen (secondary N) is 1. The predicted octanol–water partition coefficient (Wildman–Crippen LogP) is 1.85. The predicted molar refractivity (Wildman–Crippen MR) is 65.5 cm³/mol. The lowest BCUT2D eigenvalue weighted by Crippen LogP contribution is -2.26. The van der Waals surface area contributed by atoms with Crippen LogP contribution in [0, 0.1) is 0 Å². The van der Waals surface area contributed by atoms with E-state index in [1.54, 1.807) is 35.4 Å². The largest absolute Gasteiger partial charge is 0.350 e. The van der Waals surface area contributed by atoms with Crippen LogP contribution in [0.4, 0.5) is 0 Å². The standard InChI is InChI=1S/C12H12ClN3O/c13-11-3-1-10(2-4-11)7-15-12(17)8-16-6-5-14-9-16/h1-6,9H,7-8H2,(H,15,17). The molecule has 88 valence electrons. The fourth-order valence-electron chi connectivity index (χ4n) is 1.40. The molecule has 0 spiro atoms. The molecule has 0 aliphatic carbocycles. The number of imidazole rings is 1. The second-order valence-corrected chi connectivity index (χ2v) is 4.07. The summed E-state index contributed by atoms with van der Waals surface area (Å²) in [6.45, 7) is 0.790. The first-order chi connectivity index (χ1) is 8.24. The summed E-state index contributed by atoms with van der Waals surface area (Å²) >= 11 is 5.77. The number of nitrogens with zero attached hydrogens (tertiary/aromatic N) is 2. The second kappa shape index (κ2) is 5.50. The van der Waals surface area contributed by atoms with Gasteiger partial charge in [0, 0.05) is 24.0 Å². The number of carbonyl (C=O) groups is 1. The van der Waals surface area contributed by atoms with Crippen LogP contribution in [0.15, 0.2) is 43.0 Å². The van der Waals surface area contributed by atoms with Gasteiger partial charge in [-0.15, -0.1) is 0 Å². The zero-order valence-corrected chi connectivity index (χ0v) is 9.89. The Balaban J connectivity index is 1.82. The van der Waals surface area contributed by atoms with E-state index in [1.165, 1.54) is 0 Å². The second-order valence-electron chi connectivity index (χ2n) is 3.64. The molecule has 1 amide bonds. The monoisotopic (exact) mass is 249 g/mol. The van der Waals surface area contributed by atoms with E-state index in [0.717, 1.165) is 5.56 Å². The van der Waals surface area contributed by atoms with Gasteiger partial charge in [0.15, 0.2) is 0 Å². The van der Waals surface area contributed by atoms with E-state index in [-0.39, 0.29) is 12.5 Å². The van der Waals surface area contributed by atoms with Crippen molar-refractivity contribution in [2.75, 3.05) is 0 Å². The molecule has 2 aromatic rings. The average molecular weight is 250 g/mol. The zero-order valence-electron chi connectivity index (χ0n) is 9.14. The van der Waals surface area contributed by atoms with Gasteiger partial charge in [0.1, 0.15) is 6.54 Å². The van der Waals surface area contributed by atoms with Crippen LogP contribution in [0.25, 0.3) is 0 Å². The Kier molecular flexibility index (Phi) is 3.77. The van der Waals surface area contributed by atoms with Gasteiger partial charge in [-0.05, 0) is 17.7 Å². The Bertz CT molecular complexity index is 479. The number of amides is 1. The van der Waals surface area contributed by atoms with Crippen LogP contribution in [0.5, 0.6) is 0 Å². The quantitative estimate of drug-likeness (QED) is 0.899. The van der Waals surface area contributed by atoms with Crippen LogP contribution >= 0.6 is 11.6 Å². The highest BCUT2D eigenvalue weighted by atomic mass is 35.5. The van der Waals surface area contributed by atoms with Crippen LogP contribution in [0.1, 0.15) is 5.56 Å². The molecule has 0 unspecified atom stereocenters.